The van der Waals surface area contributed by atoms with Crippen molar-refractivity contribution in [2.75, 3.05) is 12.0 Å². The van der Waals surface area contributed by atoms with Crippen LogP contribution in [0.15, 0.2) is 123 Å². The van der Waals surface area contributed by atoms with Crippen LogP contribution < -0.4 is 21.2 Å². The first-order valence-corrected chi connectivity index (χ1v) is 15.4. The van der Waals surface area contributed by atoms with E-state index >= 15 is 0 Å². The van der Waals surface area contributed by atoms with Crippen LogP contribution >= 0.6 is 7.05 Å². The Kier molecular flexibility index (Phi) is 8.73. The van der Waals surface area contributed by atoms with E-state index in [2.05, 4.69) is 28.8 Å². The molecule has 3 N–H and O–H groups in total. The van der Waals surface area contributed by atoms with Crippen molar-refractivity contribution in [2.24, 2.45) is 15.0 Å². The molecule has 0 saturated heterocycles. The molecule has 0 saturated carbocycles. The lowest BCUT2D eigenvalue weighted by molar-refractivity contribution is -0.135. The van der Waals surface area contributed by atoms with Crippen LogP contribution in [0.25, 0.3) is 0 Å². The number of carbonyl (C=O) groups is 1. The van der Waals surface area contributed by atoms with Gasteiger partial charge in [0.2, 0.25) is 10.0 Å². The second kappa shape index (κ2) is 12.2. The van der Waals surface area contributed by atoms with Gasteiger partial charge in [-0.25, -0.2) is 23.1 Å². The highest BCUT2D eigenvalue weighted by atomic mass is 32.2. The van der Waals surface area contributed by atoms with Crippen LogP contribution in [0.5, 0.6) is 0 Å². The van der Waals surface area contributed by atoms with E-state index in [-0.39, 0.29) is 17.3 Å². The van der Waals surface area contributed by atoms with Crippen LogP contribution in [0, 0.1) is 0 Å². The lowest BCUT2D eigenvalue weighted by atomic mass is 10.2. The molecule has 0 atom stereocenters. The third-order valence-electron chi connectivity index (χ3n) is 5.79. The number of nitrogens with one attached hydrogen (secondary N) is 1. The van der Waals surface area contributed by atoms with Crippen molar-refractivity contribution < 1.29 is 17.9 Å². The molecule has 0 heterocycles. The molecule has 0 unspecified atom stereocenters. The Morgan fingerprint density at radius 3 is 2.05 bits per heavy atom. The van der Waals surface area contributed by atoms with E-state index in [9.17, 15) is 13.2 Å². The summed E-state index contributed by atoms with van der Waals surface area (Å²) in [6.45, 7) is 1.87. The first kappa shape index (κ1) is 27.3. The van der Waals surface area contributed by atoms with Gasteiger partial charge in [0.05, 0.1) is 24.2 Å². The van der Waals surface area contributed by atoms with Gasteiger partial charge in [0.15, 0.2) is 0 Å². The fourth-order valence-electron chi connectivity index (χ4n) is 4.03. The van der Waals surface area contributed by atoms with Gasteiger partial charge in [-0.15, -0.1) is 5.10 Å². The molecule has 8 nitrogen and oxygen atoms in total. The highest BCUT2D eigenvalue weighted by molar-refractivity contribution is 7.89. The third-order valence-corrected chi connectivity index (χ3v) is 10.4. The normalized spacial score (nSPS) is 13.9. The van der Waals surface area contributed by atoms with Crippen LogP contribution in [0.2, 0.25) is 0 Å². The summed E-state index contributed by atoms with van der Waals surface area (Å²) >= 11 is 0. The van der Waals surface area contributed by atoms with Crippen molar-refractivity contribution in [3.63, 3.8) is 0 Å². The average Bonchev–Trinajstić information content (AvgIpc) is 2.95. The number of esters is 1. The van der Waals surface area contributed by atoms with Gasteiger partial charge in [0.25, 0.3) is 5.84 Å². The first-order valence-electron chi connectivity index (χ1n) is 12.1. The summed E-state index contributed by atoms with van der Waals surface area (Å²) < 4.78 is 33.7. The maximum atomic E-state index is 13.2. The zero-order chi connectivity index (χ0) is 27.0. The number of carbonyl (C=O) groups excluding carboxylic acids is 1. The molecule has 4 rings (SSSR count). The van der Waals surface area contributed by atoms with E-state index in [0.29, 0.717) is 5.69 Å². The van der Waals surface area contributed by atoms with Crippen molar-refractivity contribution >= 4 is 45.2 Å². The topological polar surface area (TPSA) is 123 Å². The number of benzene rings is 3. The minimum Gasteiger partial charge on any atom is -0.460 e. The lowest BCUT2D eigenvalue weighted by Crippen LogP contribution is -2.23. The monoisotopic (exact) mass is 548 g/mol. The van der Waals surface area contributed by atoms with Crippen LogP contribution in [-0.2, 0) is 19.6 Å². The first-order chi connectivity index (χ1) is 18.3. The Morgan fingerprint density at radius 1 is 0.947 bits per heavy atom. The summed E-state index contributed by atoms with van der Waals surface area (Å²) in [6.07, 6.45) is 8.19. The number of anilines is 1. The minimum absolute atomic E-state index is 0.0311. The summed E-state index contributed by atoms with van der Waals surface area (Å²) in [5.41, 5.74) is 3.28. The highest BCUT2D eigenvalue weighted by Gasteiger charge is 2.31. The quantitative estimate of drug-likeness (QED) is 0.146. The van der Waals surface area contributed by atoms with Crippen molar-refractivity contribution in [2.45, 2.75) is 24.7 Å². The van der Waals surface area contributed by atoms with Crippen molar-refractivity contribution in [1.29, 1.82) is 0 Å². The number of nitrogens with two attached hydrogens (primary N) is 1. The van der Waals surface area contributed by atoms with E-state index in [1.165, 1.54) is 24.3 Å². The smallest absolute Gasteiger partial charge is 0.378 e. The number of ether oxygens (including phenoxy) is 1. The van der Waals surface area contributed by atoms with Gasteiger partial charge in [-0.05, 0) is 49.3 Å². The molecule has 10 heteroatoms. The van der Waals surface area contributed by atoms with Crippen LogP contribution in [0.3, 0.4) is 0 Å². The summed E-state index contributed by atoms with van der Waals surface area (Å²) in [5.74, 6) is -0.791. The molecule has 1 aliphatic carbocycles. The minimum atomic E-state index is -3.83. The number of allylic oxidation sites excluding steroid dienone is 4. The molecule has 0 aromatic heterocycles. The number of hydrogen-bond acceptors (Lipinski definition) is 6. The number of sulfonamides is 1. The number of amidine groups is 1. The van der Waals surface area contributed by atoms with E-state index in [1.54, 1.807) is 6.92 Å². The molecule has 0 amide bonds. The van der Waals surface area contributed by atoms with Crippen LogP contribution in [0.4, 0.5) is 5.69 Å². The number of nitrogens with zero attached hydrogens (tertiary/aromatic N) is 2. The molecular weight excluding hydrogens is 519 g/mol. The zero-order valence-electron chi connectivity index (χ0n) is 20.9. The molecule has 3 aromatic carbocycles. The Bertz CT molecular complexity index is 1490. The summed E-state index contributed by atoms with van der Waals surface area (Å²) in [5, 5.41) is 12.5. The average molecular weight is 549 g/mol. The second-order valence-electron chi connectivity index (χ2n) is 8.35. The number of hydrazone groups is 1. The lowest BCUT2D eigenvalue weighted by Gasteiger charge is -2.28. The molecular formula is C28H29N4O4PS. The predicted molar refractivity (Wildman–Crippen MR) is 153 cm³/mol. The molecule has 0 spiro atoms. The van der Waals surface area contributed by atoms with Gasteiger partial charge in [-0.1, -0.05) is 78.9 Å². The largest absolute Gasteiger partial charge is 0.460 e. The SMILES string of the molecule is CCOC(=O)/C(N=P(C1=CCCC=C1)(c1ccccc1)c1ccccc1)=N\Nc1ccc(S(N)(=O)=O)cc1. The molecule has 0 radical (unpaired) electrons. The van der Waals surface area contributed by atoms with E-state index in [4.69, 9.17) is 14.6 Å². The maximum absolute atomic E-state index is 13.2. The van der Waals surface area contributed by atoms with Gasteiger partial charge in [0, 0.05) is 10.6 Å². The Labute approximate surface area is 223 Å². The zero-order valence-corrected chi connectivity index (χ0v) is 22.6. The maximum Gasteiger partial charge on any atom is 0.378 e. The predicted octanol–water partition coefficient (Wildman–Crippen LogP) is 4.71. The van der Waals surface area contributed by atoms with Gasteiger partial charge >= 0.3 is 5.97 Å². The number of primary sulfonamides is 1. The van der Waals surface area contributed by atoms with Gasteiger partial charge in [0.1, 0.15) is 0 Å². The second-order valence-corrected chi connectivity index (χ2v) is 12.9. The summed E-state index contributed by atoms with van der Waals surface area (Å²) in [7, 11) is -6.56. The van der Waals surface area contributed by atoms with Crippen molar-refractivity contribution in [3.05, 3.63) is 108 Å². The van der Waals surface area contributed by atoms with Crippen LogP contribution in [-0.4, -0.2) is 26.8 Å². The highest BCUT2D eigenvalue weighted by Crippen LogP contribution is 2.56. The van der Waals surface area contributed by atoms with E-state index in [1.807, 2.05) is 60.7 Å². The van der Waals surface area contributed by atoms with Gasteiger partial charge in [-0.3, -0.25) is 5.43 Å². The molecule has 196 valence electrons. The fraction of sp³-hybridized carbons (Fsp3) is 0.143. The molecule has 3 aromatic rings. The molecule has 0 bridgehead atoms. The summed E-state index contributed by atoms with van der Waals surface area (Å²) in [6, 6.07) is 25.6. The number of rotatable bonds is 7. The molecule has 38 heavy (non-hydrogen) atoms. The Balaban J connectivity index is 1.93. The van der Waals surface area contributed by atoms with Crippen molar-refractivity contribution in [3.8, 4) is 0 Å². The van der Waals surface area contributed by atoms with Gasteiger partial charge < -0.3 is 4.74 Å². The summed E-state index contributed by atoms with van der Waals surface area (Å²) in [4.78, 5) is 13.1. The molecule has 0 aliphatic heterocycles. The fourth-order valence-corrected chi connectivity index (χ4v) is 8.12. The van der Waals surface area contributed by atoms with Gasteiger partial charge in [-0.2, -0.15) is 0 Å². The Hall–Kier alpha value is -3.78. The number of hydrogen-bond donors (Lipinski definition) is 2. The molecule has 1 aliphatic rings. The van der Waals surface area contributed by atoms with Crippen molar-refractivity contribution in [1.82, 2.24) is 0 Å². The standard InChI is InChI=1S/C28H29N4O4PS/c1-2-36-28(33)27(31-30-22-18-20-26(21-19-22)38(29,34)35)32-37(23-12-6-3-7-13-23,24-14-8-4-9-15-24)25-16-10-5-11-17-25/h3-4,6-10,12-21,30H,2,5,11H2,1H3,(H2,29,34,35)/b31-27+. The van der Waals surface area contributed by atoms with Crippen LogP contribution in [0.1, 0.15) is 19.8 Å². The Morgan fingerprint density at radius 2 is 1.55 bits per heavy atom. The van der Waals surface area contributed by atoms with E-state index in [0.717, 1.165) is 28.8 Å². The third kappa shape index (κ3) is 6.19. The van der Waals surface area contributed by atoms with E-state index < -0.39 is 23.0 Å². The molecule has 0 fully saturated rings.